The monoisotopic (exact) mass is 297 g/mol. The molecule has 0 unspecified atom stereocenters. The van der Waals surface area contributed by atoms with Crippen molar-refractivity contribution in [2.45, 2.75) is 26.7 Å². The zero-order chi connectivity index (χ0) is 15.8. The van der Waals surface area contributed by atoms with Gasteiger partial charge < -0.3 is 10.2 Å². The summed E-state index contributed by atoms with van der Waals surface area (Å²) in [4.78, 5) is 18.8. The second kappa shape index (κ2) is 8.17. The lowest BCUT2D eigenvalue weighted by Crippen LogP contribution is -2.30. The Bertz CT molecular complexity index is 598. The average molecular weight is 297 g/mol. The molecule has 2 aromatic rings. The summed E-state index contributed by atoms with van der Waals surface area (Å²) in [6.07, 6.45) is 3.90. The molecule has 0 aliphatic carbocycles. The largest absolute Gasteiger partial charge is 0.370 e. The van der Waals surface area contributed by atoms with Gasteiger partial charge in [0.1, 0.15) is 5.82 Å². The van der Waals surface area contributed by atoms with Crippen molar-refractivity contribution < 1.29 is 4.79 Å². The number of hydrogen-bond acceptors (Lipinski definition) is 3. The summed E-state index contributed by atoms with van der Waals surface area (Å²) < 4.78 is 0. The molecular formula is C18H23N3O. The third kappa shape index (κ3) is 4.07. The second-order valence-electron chi connectivity index (χ2n) is 5.10. The van der Waals surface area contributed by atoms with Crippen LogP contribution in [0.2, 0.25) is 0 Å². The lowest BCUT2D eigenvalue weighted by Gasteiger charge is -2.21. The number of nitrogens with one attached hydrogen (secondary N) is 1. The van der Waals surface area contributed by atoms with Crippen LogP contribution in [0.5, 0.6) is 0 Å². The van der Waals surface area contributed by atoms with Gasteiger partial charge in [-0.2, -0.15) is 0 Å². The molecule has 0 aliphatic heterocycles. The molecule has 22 heavy (non-hydrogen) atoms. The van der Waals surface area contributed by atoms with Crippen molar-refractivity contribution in [2.75, 3.05) is 23.3 Å². The van der Waals surface area contributed by atoms with Gasteiger partial charge in [0.2, 0.25) is 0 Å². The van der Waals surface area contributed by atoms with Crippen LogP contribution in [0, 0.1) is 0 Å². The van der Waals surface area contributed by atoms with E-state index in [4.69, 9.17) is 0 Å². The molecule has 1 heterocycles. The highest BCUT2D eigenvalue weighted by atomic mass is 16.2. The maximum absolute atomic E-state index is 12.7. The van der Waals surface area contributed by atoms with Crippen molar-refractivity contribution in [3.8, 4) is 0 Å². The van der Waals surface area contributed by atoms with Crippen LogP contribution in [0.1, 0.15) is 37.0 Å². The second-order valence-corrected chi connectivity index (χ2v) is 5.10. The topological polar surface area (TPSA) is 45.2 Å². The van der Waals surface area contributed by atoms with E-state index < -0.39 is 0 Å². The molecule has 0 fully saturated rings. The summed E-state index contributed by atoms with van der Waals surface area (Å²) in [5.74, 6) is 0.748. The van der Waals surface area contributed by atoms with Gasteiger partial charge in [0.15, 0.2) is 0 Å². The summed E-state index contributed by atoms with van der Waals surface area (Å²) in [6.45, 7) is 5.63. The standard InChI is InChI=1S/C18H23N3O/c1-3-5-12-19-17-14-15(11-13-20-17)18(22)21(4-2)16-9-7-6-8-10-16/h6-11,13-14H,3-5,12H2,1-2H3,(H,19,20). The van der Waals surface area contributed by atoms with Crippen LogP contribution in [0.4, 0.5) is 11.5 Å². The fourth-order valence-corrected chi connectivity index (χ4v) is 2.26. The molecule has 0 atom stereocenters. The van der Waals surface area contributed by atoms with E-state index in [2.05, 4.69) is 17.2 Å². The first kappa shape index (κ1) is 16.0. The maximum Gasteiger partial charge on any atom is 0.258 e. The number of carbonyl (C=O) groups excluding carboxylic acids is 1. The number of unbranched alkanes of at least 4 members (excludes halogenated alkanes) is 1. The van der Waals surface area contributed by atoms with Gasteiger partial charge in [-0.15, -0.1) is 0 Å². The zero-order valence-corrected chi connectivity index (χ0v) is 13.2. The Hall–Kier alpha value is -2.36. The first-order valence-electron chi connectivity index (χ1n) is 7.83. The molecule has 0 saturated heterocycles. The van der Waals surface area contributed by atoms with Crippen molar-refractivity contribution in [3.05, 3.63) is 54.2 Å². The van der Waals surface area contributed by atoms with E-state index in [1.54, 1.807) is 17.2 Å². The number of aromatic nitrogens is 1. The molecule has 0 radical (unpaired) electrons. The Kier molecular flexibility index (Phi) is 5.95. The van der Waals surface area contributed by atoms with Gasteiger partial charge in [0, 0.05) is 30.5 Å². The van der Waals surface area contributed by atoms with Crippen LogP contribution in [-0.2, 0) is 0 Å². The number of anilines is 2. The number of nitrogens with zero attached hydrogens (tertiary/aromatic N) is 2. The quantitative estimate of drug-likeness (QED) is 0.787. The van der Waals surface area contributed by atoms with E-state index in [-0.39, 0.29) is 5.91 Å². The molecule has 1 aromatic carbocycles. The Balaban J connectivity index is 2.15. The van der Waals surface area contributed by atoms with Crippen LogP contribution >= 0.6 is 0 Å². The molecule has 0 spiro atoms. The Morgan fingerprint density at radius 1 is 1.18 bits per heavy atom. The van der Waals surface area contributed by atoms with E-state index in [9.17, 15) is 4.79 Å². The van der Waals surface area contributed by atoms with Crippen LogP contribution in [0.25, 0.3) is 0 Å². The number of rotatable bonds is 7. The third-order valence-electron chi connectivity index (χ3n) is 3.47. The van der Waals surface area contributed by atoms with Gasteiger partial charge in [-0.05, 0) is 37.6 Å². The summed E-state index contributed by atoms with van der Waals surface area (Å²) in [6, 6.07) is 13.3. The molecule has 116 valence electrons. The van der Waals surface area contributed by atoms with E-state index in [0.717, 1.165) is 30.9 Å². The van der Waals surface area contributed by atoms with Gasteiger partial charge in [-0.3, -0.25) is 4.79 Å². The Labute approximate surface area is 132 Å². The lowest BCUT2D eigenvalue weighted by atomic mass is 10.2. The summed E-state index contributed by atoms with van der Waals surface area (Å²) in [5, 5.41) is 3.26. The highest BCUT2D eigenvalue weighted by Gasteiger charge is 2.16. The molecular weight excluding hydrogens is 274 g/mol. The molecule has 2 rings (SSSR count). The summed E-state index contributed by atoms with van der Waals surface area (Å²) in [5.41, 5.74) is 1.56. The first-order valence-corrected chi connectivity index (χ1v) is 7.83. The predicted octanol–water partition coefficient (Wildman–Crippen LogP) is 3.96. The highest BCUT2D eigenvalue weighted by molar-refractivity contribution is 6.06. The van der Waals surface area contributed by atoms with Gasteiger partial charge in [0.25, 0.3) is 5.91 Å². The number of benzene rings is 1. The van der Waals surface area contributed by atoms with E-state index in [0.29, 0.717) is 12.1 Å². The van der Waals surface area contributed by atoms with Gasteiger partial charge in [0.05, 0.1) is 0 Å². The SMILES string of the molecule is CCCCNc1cc(C(=O)N(CC)c2ccccc2)ccn1. The lowest BCUT2D eigenvalue weighted by molar-refractivity contribution is 0.0988. The van der Waals surface area contributed by atoms with Crippen molar-refractivity contribution in [1.82, 2.24) is 4.98 Å². The van der Waals surface area contributed by atoms with Crippen LogP contribution in [-0.4, -0.2) is 24.0 Å². The molecule has 0 saturated carbocycles. The summed E-state index contributed by atoms with van der Waals surface area (Å²) in [7, 11) is 0. The van der Waals surface area contributed by atoms with Gasteiger partial charge in [-0.25, -0.2) is 4.98 Å². The minimum atomic E-state index is -0.00496. The molecule has 0 bridgehead atoms. The molecule has 1 amide bonds. The minimum Gasteiger partial charge on any atom is -0.370 e. The zero-order valence-electron chi connectivity index (χ0n) is 13.2. The number of para-hydroxylation sites is 1. The van der Waals surface area contributed by atoms with Crippen LogP contribution in [0.3, 0.4) is 0 Å². The van der Waals surface area contributed by atoms with Crippen LogP contribution < -0.4 is 10.2 Å². The number of carbonyl (C=O) groups is 1. The molecule has 4 heteroatoms. The Morgan fingerprint density at radius 3 is 2.64 bits per heavy atom. The van der Waals surface area contributed by atoms with Gasteiger partial charge in [-0.1, -0.05) is 31.5 Å². The number of amides is 1. The minimum absolute atomic E-state index is 0.00496. The molecule has 1 N–H and O–H groups in total. The molecule has 1 aromatic heterocycles. The number of pyridine rings is 1. The van der Waals surface area contributed by atoms with Crippen molar-refractivity contribution in [3.63, 3.8) is 0 Å². The Morgan fingerprint density at radius 2 is 1.95 bits per heavy atom. The fourth-order valence-electron chi connectivity index (χ4n) is 2.26. The van der Waals surface area contributed by atoms with E-state index in [1.807, 2.05) is 43.3 Å². The average Bonchev–Trinajstić information content (AvgIpc) is 2.57. The van der Waals surface area contributed by atoms with E-state index >= 15 is 0 Å². The normalized spacial score (nSPS) is 10.3. The van der Waals surface area contributed by atoms with Crippen molar-refractivity contribution >= 4 is 17.4 Å². The molecule has 0 aliphatic rings. The predicted molar refractivity (Wildman–Crippen MR) is 91.4 cm³/mol. The van der Waals surface area contributed by atoms with Crippen LogP contribution in [0.15, 0.2) is 48.7 Å². The molecule has 4 nitrogen and oxygen atoms in total. The van der Waals surface area contributed by atoms with Crippen molar-refractivity contribution in [2.24, 2.45) is 0 Å². The number of hydrogen-bond donors (Lipinski definition) is 1. The van der Waals surface area contributed by atoms with Crippen molar-refractivity contribution in [1.29, 1.82) is 0 Å². The fraction of sp³-hybridized carbons (Fsp3) is 0.333. The van der Waals surface area contributed by atoms with Gasteiger partial charge >= 0.3 is 0 Å². The third-order valence-corrected chi connectivity index (χ3v) is 3.47. The van der Waals surface area contributed by atoms with E-state index in [1.165, 1.54) is 0 Å². The first-order chi connectivity index (χ1) is 10.8. The summed E-state index contributed by atoms with van der Waals surface area (Å²) >= 11 is 0. The highest BCUT2D eigenvalue weighted by Crippen LogP contribution is 2.17. The maximum atomic E-state index is 12.7. The smallest absolute Gasteiger partial charge is 0.258 e.